The summed E-state index contributed by atoms with van der Waals surface area (Å²) in [5, 5.41) is 6.73. The SMILES string of the molecule is O=C1CN(C(=O)CCC(=O)NC2=N[C@H]3CCCCC[C@@H]3S2)CCN1. The van der Waals surface area contributed by atoms with E-state index in [1.165, 1.54) is 24.2 Å². The van der Waals surface area contributed by atoms with Crippen LogP contribution in [0.15, 0.2) is 4.99 Å². The van der Waals surface area contributed by atoms with Gasteiger partial charge < -0.3 is 15.5 Å². The molecule has 0 radical (unpaired) electrons. The molecule has 2 fully saturated rings. The first-order valence-corrected chi connectivity index (χ1v) is 9.58. The lowest BCUT2D eigenvalue weighted by Crippen LogP contribution is -2.50. The smallest absolute Gasteiger partial charge is 0.239 e. The number of carbonyl (C=O) groups excluding carboxylic acids is 3. The summed E-state index contributed by atoms with van der Waals surface area (Å²) in [6.07, 6.45) is 6.25. The van der Waals surface area contributed by atoms with Gasteiger partial charge in [-0.05, 0) is 12.8 Å². The zero-order chi connectivity index (χ0) is 16.9. The molecule has 2 atom stereocenters. The van der Waals surface area contributed by atoms with E-state index in [2.05, 4.69) is 15.6 Å². The van der Waals surface area contributed by atoms with Gasteiger partial charge in [0.25, 0.3) is 0 Å². The van der Waals surface area contributed by atoms with Crippen LogP contribution in [0.25, 0.3) is 0 Å². The number of amidine groups is 1. The van der Waals surface area contributed by atoms with E-state index in [-0.39, 0.29) is 37.1 Å². The van der Waals surface area contributed by atoms with E-state index >= 15 is 0 Å². The predicted octanol–water partition coefficient (Wildman–Crippen LogP) is 0.645. The summed E-state index contributed by atoms with van der Waals surface area (Å²) in [5.74, 6) is -0.465. The number of hydrogen-bond acceptors (Lipinski definition) is 5. The second kappa shape index (κ2) is 8.00. The largest absolute Gasteiger partial charge is 0.353 e. The Balaban J connectivity index is 1.42. The molecule has 3 aliphatic rings. The highest BCUT2D eigenvalue weighted by Gasteiger charge is 2.31. The molecule has 1 saturated carbocycles. The Morgan fingerprint density at radius 2 is 2.08 bits per heavy atom. The number of hydrogen-bond donors (Lipinski definition) is 2. The van der Waals surface area contributed by atoms with Gasteiger partial charge >= 0.3 is 0 Å². The Hall–Kier alpha value is -1.57. The highest BCUT2D eigenvalue weighted by molar-refractivity contribution is 8.14. The van der Waals surface area contributed by atoms with Gasteiger partial charge in [-0.2, -0.15) is 0 Å². The fourth-order valence-corrected chi connectivity index (χ4v) is 4.63. The fraction of sp³-hybridized carbons (Fsp3) is 0.750. The van der Waals surface area contributed by atoms with Crippen molar-refractivity contribution in [2.24, 2.45) is 4.99 Å². The first-order valence-electron chi connectivity index (χ1n) is 8.70. The van der Waals surface area contributed by atoms with Crippen LogP contribution in [0.4, 0.5) is 0 Å². The lowest BCUT2D eigenvalue weighted by Gasteiger charge is -2.26. The van der Waals surface area contributed by atoms with Gasteiger partial charge in [-0.3, -0.25) is 19.4 Å². The molecular formula is C16H24N4O3S. The molecule has 7 nitrogen and oxygen atoms in total. The molecule has 24 heavy (non-hydrogen) atoms. The predicted molar refractivity (Wildman–Crippen MR) is 92.7 cm³/mol. The van der Waals surface area contributed by atoms with E-state index in [1.807, 2.05) is 0 Å². The first-order chi connectivity index (χ1) is 11.6. The minimum absolute atomic E-state index is 0.0897. The number of thioether (sulfide) groups is 1. The summed E-state index contributed by atoms with van der Waals surface area (Å²) in [6.45, 7) is 1.08. The number of aliphatic imine (C=N–C) groups is 1. The number of piperazine rings is 1. The topological polar surface area (TPSA) is 90.9 Å². The van der Waals surface area contributed by atoms with Crippen LogP contribution >= 0.6 is 11.8 Å². The molecule has 2 aliphatic heterocycles. The number of nitrogens with zero attached hydrogens (tertiary/aromatic N) is 2. The monoisotopic (exact) mass is 352 g/mol. The molecule has 2 N–H and O–H groups in total. The van der Waals surface area contributed by atoms with E-state index in [9.17, 15) is 14.4 Å². The molecule has 8 heteroatoms. The molecule has 1 saturated heterocycles. The standard InChI is InChI=1S/C16H24N4O3S/c21-13(6-7-15(23)20-9-8-17-14(22)10-20)19-16-18-11-4-2-1-3-5-12(11)24-16/h11-12H,1-10H2,(H,17,22)(H,18,19,21)/t11-,12-/m0/s1. The number of amides is 3. The summed E-state index contributed by atoms with van der Waals surface area (Å²) >= 11 is 1.67. The molecular weight excluding hydrogens is 328 g/mol. The maximum atomic E-state index is 12.1. The Kier molecular flexibility index (Phi) is 5.76. The van der Waals surface area contributed by atoms with Crippen LogP contribution in [0, 0.1) is 0 Å². The second-order valence-corrected chi connectivity index (χ2v) is 7.74. The van der Waals surface area contributed by atoms with Crippen LogP contribution in [-0.4, -0.2) is 58.7 Å². The summed E-state index contributed by atoms with van der Waals surface area (Å²) in [6, 6.07) is 0.335. The molecule has 132 valence electrons. The summed E-state index contributed by atoms with van der Waals surface area (Å²) < 4.78 is 0. The van der Waals surface area contributed by atoms with E-state index < -0.39 is 0 Å². The Bertz CT molecular complexity index is 551. The average Bonchev–Trinajstić information content (AvgIpc) is 2.81. The summed E-state index contributed by atoms with van der Waals surface area (Å²) in [4.78, 5) is 41.6. The minimum atomic E-state index is -0.174. The second-order valence-electron chi connectivity index (χ2n) is 6.51. The number of rotatable bonds is 3. The van der Waals surface area contributed by atoms with E-state index in [1.54, 1.807) is 11.8 Å². The zero-order valence-electron chi connectivity index (χ0n) is 13.8. The molecule has 3 rings (SSSR count). The number of nitrogens with one attached hydrogen (secondary N) is 2. The van der Waals surface area contributed by atoms with Crippen molar-refractivity contribution in [3.63, 3.8) is 0 Å². The summed E-state index contributed by atoms with van der Waals surface area (Å²) in [7, 11) is 0. The normalized spacial score (nSPS) is 26.9. The van der Waals surface area contributed by atoms with Crippen molar-refractivity contribution in [1.29, 1.82) is 0 Å². The van der Waals surface area contributed by atoms with Gasteiger partial charge in [-0.1, -0.05) is 31.0 Å². The highest BCUT2D eigenvalue weighted by Crippen LogP contribution is 2.35. The van der Waals surface area contributed by atoms with Crippen molar-refractivity contribution in [1.82, 2.24) is 15.5 Å². The Morgan fingerprint density at radius 1 is 1.25 bits per heavy atom. The third-order valence-electron chi connectivity index (χ3n) is 4.67. The number of carbonyl (C=O) groups is 3. The van der Waals surface area contributed by atoms with Crippen LogP contribution in [0.2, 0.25) is 0 Å². The van der Waals surface area contributed by atoms with Gasteiger partial charge in [0.15, 0.2) is 5.17 Å². The van der Waals surface area contributed by atoms with Gasteiger partial charge in [0.05, 0.1) is 12.6 Å². The van der Waals surface area contributed by atoms with Crippen molar-refractivity contribution in [3.05, 3.63) is 0 Å². The van der Waals surface area contributed by atoms with Gasteiger partial charge in [-0.15, -0.1) is 0 Å². The van der Waals surface area contributed by atoms with Crippen LogP contribution in [0.5, 0.6) is 0 Å². The average molecular weight is 352 g/mol. The molecule has 0 spiro atoms. The lowest BCUT2D eigenvalue weighted by atomic mass is 10.1. The molecule has 0 aromatic carbocycles. The van der Waals surface area contributed by atoms with Gasteiger partial charge in [0.1, 0.15) is 0 Å². The Morgan fingerprint density at radius 3 is 2.92 bits per heavy atom. The third kappa shape index (κ3) is 4.49. The van der Waals surface area contributed by atoms with Crippen molar-refractivity contribution < 1.29 is 14.4 Å². The van der Waals surface area contributed by atoms with Crippen LogP contribution in [-0.2, 0) is 14.4 Å². The van der Waals surface area contributed by atoms with Gasteiger partial charge in [0, 0.05) is 31.2 Å². The maximum Gasteiger partial charge on any atom is 0.239 e. The van der Waals surface area contributed by atoms with Crippen molar-refractivity contribution in [2.75, 3.05) is 19.6 Å². The van der Waals surface area contributed by atoms with Crippen LogP contribution in [0.3, 0.4) is 0 Å². The first kappa shape index (κ1) is 17.3. The number of fused-ring (bicyclic) bond motifs is 1. The van der Waals surface area contributed by atoms with Crippen molar-refractivity contribution in [2.45, 2.75) is 56.2 Å². The summed E-state index contributed by atoms with van der Waals surface area (Å²) in [5.41, 5.74) is 0. The minimum Gasteiger partial charge on any atom is -0.353 e. The van der Waals surface area contributed by atoms with Crippen molar-refractivity contribution in [3.8, 4) is 0 Å². The molecule has 0 bridgehead atoms. The molecule has 0 aromatic heterocycles. The molecule has 3 amide bonds. The highest BCUT2D eigenvalue weighted by atomic mass is 32.2. The van der Waals surface area contributed by atoms with E-state index in [0.29, 0.717) is 29.5 Å². The van der Waals surface area contributed by atoms with Crippen molar-refractivity contribution >= 4 is 34.7 Å². The lowest BCUT2D eigenvalue weighted by molar-refractivity contribution is -0.139. The quantitative estimate of drug-likeness (QED) is 0.780. The van der Waals surface area contributed by atoms with E-state index in [0.717, 1.165) is 12.8 Å². The fourth-order valence-electron chi connectivity index (χ4n) is 3.34. The zero-order valence-corrected chi connectivity index (χ0v) is 14.6. The van der Waals surface area contributed by atoms with Crippen LogP contribution in [0.1, 0.15) is 44.9 Å². The van der Waals surface area contributed by atoms with Gasteiger partial charge in [0.2, 0.25) is 17.7 Å². The maximum absolute atomic E-state index is 12.1. The van der Waals surface area contributed by atoms with E-state index in [4.69, 9.17) is 0 Å². The van der Waals surface area contributed by atoms with Crippen LogP contribution < -0.4 is 10.6 Å². The molecule has 0 aromatic rings. The third-order valence-corrected chi connectivity index (χ3v) is 5.95. The van der Waals surface area contributed by atoms with Gasteiger partial charge in [-0.25, -0.2) is 0 Å². The molecule has 2 heterocycles. The molecule has 1 aliphatic carbocycles. The molecule has 0 unspecified atom stereocenters. The Labute approximate surface area is 146 Å².